The maximum atomic E-state index is 11.8. The summed E-state index contributed by atoms with van der Waals surface area (Å²) in [6, 6.07) is 9.86. The summed E-state index contributed by atoms with van der Waals surface area (Å²) in [5.74, 6) is -0.360. The Kier molecular flexibility index (Phi) is 3.42. The lowest BCUT2D eigenvalue weighted by molar-refractivity contribution is 0.0601. The van der Waals surface area contributed by atoms with Crippen LogP contribution >= 0.6 is 0 Å². The van der Waals surface area contributed by atoms with Crippen molar-refractivity contribution in [2.75, 3.05) is 7.11 Å². The van der Waals surface area contributed by atoms with Gasteiger partial charge in [0.25, 0.3) is 0 Å². The van der Waals surface area contributed by atoms with E-state index in [4.69, 9.17) is 4.74 Å². The number of carbonyl (C=O) groups excluding carboxylic acids is 1. The molecular weight excluding hydrogens is 226 g/mol. The standard InChI is InChI=1S/C15H15NO2/c1-10-6-4-5-7-12(10)13-8-11(2)16-9-14(13)15(17)18-3/h4-9H,1-3H3. The molecule has 3 nitrogen and oxygen atoms in total. The van der Waals surface area contributed by atoms with Crippen LogP contribution in [0.3, 0.4) is 0 Å². The lowest BCUT2D eigenvalue weighted by Crippen LogP contribution is -2.05. The van der Waals surface area contributed by atoms with E-state index < -0.39 is 0 Å². The van der Waals surface area contributed by atoms with Gasteiger partial charge >= 0.3 is 5.97 Å². The fourth-order valence-electron chi connectivity index (χ4n) is 1.93. The first-order chi connectivity index (χ1) is 8.63. The second-order valence-corrected chi connectivity index (χ2v) is 4.18. The minimum absolute atomic E-state index is 0.360. The van der Waals surface area contributed by atoms with Gasteiger partial charge in [0.15, 0.2) is 0 Å². The number of pyridine rings is 1. The highest BCUT2D eigenvalue weighted by Crippen LogP contribution is 2.27. The number of benzene rings is 1. The second-order valence-electron chi connectivity index (χ2n) is 4.18. The monoisotopic (exact) mass is 241 g/mol. The fourth-order valence-corrected chi connectivity index (χ4v) is 1.93. The Bertz CT molecular complexity index is 591. The molecule has 0 unspecified atom stereocenters. The number of hydrogen-bond donors (Lipinski definition) is 0. The molecule has 0 spiro atoms. The van der Waals surface area contributed by atoms with Crippen molar-refractivity contribution in [2.24, 2.45) is 0 Å². The number of carbonyl (C=O) groups is 1. The van der Waals surface area contributed by atoms with E-state index in [1.165, 1.54) is 7.11 Å². The molecule has 1 aromatic heterocycles. The van der Waals surface area contributed by atoms with Crippen molar-refractivity contribution in [2.45, 2.75) is 13.8 Å². The number of hydrogen-bond acceptors (Lipinski definition) is 3. The van der Waals surface area contributed by atoms with Crippen LogP contribution < -0.4 is 0 Å². The van der Waals surface area contributed by atoms with Gasteiger partial charge in [-0.05, 0) is 36.6 Å². The molecule has 2 rings (SSSR count). The van der Waals surface area contributed by atoms with Crippen molar-refractivity contribution in [3.05, 3.63) is 53.3 Å². The van der Waals surface area contributed by atoms with Crippen molar-refractivity contribution >= 4 is 5.97 Å². The molecule has 3 heteroatoms. The van der Waals surface area contributed by atoms with Crippen LogP contribution in [0.15, 0.2) is 36.5 Å². The van der Waals surface area contributed by atoms with E-state index in [1.807, 2.05) is 44.2 Å². The number of nitrogens with zero attached hydrogens (tertiary/aromatic N) is 1. The molecule has 0 aliphatic carbocycles. The van der Waals surface area contributed by atoms with Gasteiger partial charge in [-0.3, -0.25) is 4.98 Å². The average Bonchev–Trinajstić information content (AvgIpc) is 2.38. The predicted molar refractivity (Wildman–Crippen MR) is 70.5 cm³/mol. The van der Waals surface area contributed by atoms with E-state index in [1.54, 1.807) is 6.20 Å². The molecule has 0 radical (unpaired) electrons. The topological polar surface area (TPSA) is 39.2 Å². The Labute approximate surface area is 106 Å². The molecule has 0 bridgehead atoms. The highest BCUT2D eigenvalue weighted by molar-refractivity contribution is 5.97. The summed E-state index contributed by atoms with van der Waals surface area (Å²) < 4.78 is 4.80. The zero-order valence-electron chi connectivity index (χ0n) is 10.7. The average molecular weight is 241 g/mol. The summed E-state index contributed by atoms with van der Waals surface area (Å²) in [4.78, 5) is 15.9. The van der Waals surface area contributed by atoms with Crippen LogP contribution in [0.4, 0.5) is 0 Å². The SMILES string of the molecule is COC(=O)c1cnc(C)cc1-c1ccccc1C. The first-order valence-electron chi connectivity index (χ1n) is 5.74. The molecule has 0 saturated heterocycles. The first kappa shape index (κ1) is 12.3. The van der Waals surface area contributed by atoms with Crippen molar-refractivity contribution in [3.8, 4) is 11.1 Å². The molecule has 0 aliphatic rings. The van der Waals surface area contributed by atoms with Crippen LogP contribution in [0.2, 0.25) is 0 Å². The first-order valence-corrected chi connectivity index (χ1v) is 5.74. The lowest BCUT2D eigenvalue weighted by atomic mass is 9.97. The molecule has 92 valence electrons. The van der Waals surface area contributed by atoms with Crippen LogP contribution in [0.1, 0.15) is 21.6 Å². The van der Waals surface area contributed by atoms with Crippen LogP contribution in [0.5, 0.6) is 0 Å². The number of aromatic nitrogens is 1. The van der Waals surface area contributed by atoms with Crippen molar-refractivity contribution in [3.63, 3.8) is 0 Å². The summed E-state index contributed by atoms with van der Waals surface area (Å²) in [5, 5.41) is 0. The lowest BCUT2D eigenvalue weighted by Gasteiger charge is -2.11. The Hall–Kier alpha value is -2.16. The van der Waals surface area contributed by atoms with Gasteiger partial charge in [0.2, 0.25) is 0 Å². The second kappa shape index (κ2) is 5.00. The van der Waals surface area contributed by atoms with Gasteiger partial charge in [-0.1, -0.05) is 24.3 Å². The fraction of sp³-hybridized carbons (Fsp3) is 0.200. The zero-order valence-corrected chi connectivity index (χ0v) is 10.7. The maximum absolute atomic E-state index is 11.8. The third kappa shape index (κ3) is 2.25. The molecular formula is C15H15NO2. The highest BCUT2D eigenvalue weighted by atomic mass is 16.5. The van der Waals surface area contributed by atoms with Gasteiger partial charge in [0.05, 0.1) is 12.7 Å². The zero-order chi connectivity index (χ0) is 13.1. The van der Waals surface area contributed by atoms with E-state index in [-0.39, 0.29) is 5.97 Å². The number of ether oxygens (including phenoxy) is 1. The van der Waals surface area contributed by atoms with E-state index in [0.29, 0.717) is 5.56 Å². The molecule has 0 fully saturated rings. The normalized spacial score (nSPS) is 10.2. The van der Waals surface area contributed by atoms with Crippen LogP contribution in [-0.2, 0) is 4.74 Å². The third-order valence-corrected chi connectivity index (χ3v) is 2.88. The van der Waals surface area contributed by atoms with E-state index in [0.717, 1.165) is 22.4 Å². The molecule has 0 aliphatic heterocycles. The number of rotatable bonds is 2. The Morgan fingerprint density at radius 1 is 1.17 bits per heavy atom. The summed E-state index contributed by atoms with van der Waals surface area (Å²) in [5.41, 5.74) is 4.39. The van der Waals surface area contributed by atoms with Crippen LogP contribution in [0.25, 0.3) is 11.1 Å². The minimum Gasteiger partial charge on any atom is -0.465 e. The van der Waals surface area contributed by atoms with E-state index in [2.05, 4.69) is 4.98 Å². The van der Waals surface area contributed by atoms with Gasteiger partial charge in [0.1, 0.15) is 0 Å². The third-order valence-electron chi connectivity index (χ3n) is 2.88. The summed E-state index contributed by atoms with van der Waals surface area (Å²) in [6.45, 7) is 3.93. The van der Waals surface area contributed by atoms with Gasteiger partial charge in [-0.15, -0.1) is 0 Å². The van der Waals surface area contributed by atoms with Crippen molar-refractivity contribution < 1.29 is 9.53 Å². The minimum atomic E-state index is -0.360. The molecule has 0 N–H and O–H groups in total. The maximum Gasteiger partial charge on any atom is 0.340 e. The Balaban J connectivity index is 2.66. The molecule has 1 heterocycles. The highest BCUT2D eigenvalue weighted by Gasteiger charge is 2.15. The van der Waals surface area contributed by atoms with Crippen LogP contribution in [-0.4, -0.2) is 18.1 Å². The molecule has 1 aromatic carbocycles. The molecule has 18 heavy (non-hydrogen) atoms. The van der Waals surface area contributed by atoms with Crippen molar-refractivity contribution in [1.29, 1.82) is 0 Å². The predicted octanol–water partition coefficient (Wildman–Crippen LogP) is 3.15. The van der Waals surface area contributed by atoms with E-state index >= 15 is 0 Å². The summed E-state index contributed by atoms with van der Waals surface area (Å²) in [6.07, 6.45) is 1.57. The number of esters is 1. The summed E-state index contributed by atoms with van der Waals surface area (Å²) >= 11 is 0. The largest absolute Gasteiger partial charge is 0.465 e. The molecule has 2 aromatic rings. The molecule has 0 atom stereocenters. The Morgan fingerprint density at radius 3 is 2.56 bits per heavy atom. The quantitative estimate of drug-likeness (QED) is 0.758. The van der Waals surface area contributed by atoms with Gasteiger partial charge in [0, 0.05) is 11.9 Å². The molecule has 0 saturated carbocycles. The number of methoxy groups -OCH3 is 1. The van der Waals surface area contributed by atoms with Crippen molar-refractivity contribution in [1.82, 2.24) is 4.98 Å². The van der Waals surface area contributed by atoms with E-state index in [9.17, 15) is 4.79 Å². The molecule has 0 amide bonds. The van der Waals surface area contributed by atoms with Gasteiger partial charge in [-0.2, -0.15) is 0 Å². The summed E-state index contributed by atoms with van der Waals surface area (Å²) in [7, 11) is 1.38. The van der Waals surface area contributed by atoms with Gasteiger partial charge < -0.3 is 4.74 Å². The van der Waals surface area contributed by atoms with Crippen LogP contribution in [0, 0.1) is 13.8 Å². The van der Waals surface area contributed by atoms with Gasteiger partial charge in [-0.25, -0.2) is 4.79 Å². The number of aryl methyl sites for hydroxylation is 2. The Morgan fingerprint density at radius 2 is 1.89 bits per heavy atom. The smallest absolute Gasteiger partial charge is 0.340 e.